The highest BCUT2D eigenvalue weighted by molar-refractivity contribution is 7.98. The van der Waals surface area contributed by atoms with Gasteiger partial charge < -0.3 is 22.9 Å². The lowest BCUT2D eigenvalue weighted by atomic mass is 10.2. The summed E-state index contributed by atoms with van der Waals surface area (Å²) in [5.74, 6) is 1.10. The standard InChI is InChI=1S/C11H15NO2S.ClH/c1-14-11(13)10(12)8-15-7-9-5-3-2-4-6-9;/h2-6,10H,7-8,12H2,1H3;1H/p-1. The minimum absolute atomic E-state index is 0. The Bertz CT molecular complexity index is 308. The first-order valence-corrected chi connectivity index (χ1v) is 5.84. The number of rotatable bonds is 5. The van der Waals surface area contributed by atoms with E-state index >= 15 is 0 Å². The summed E-state index contributed by atoms with van der Waals surface area (Å²) in [6.07, 6.45) is 0. The van der Waals surface area contributed by atoms with E-state index in [0.29, 0.717) is 5.75 Å². The summed E-state index contributed by atoms with van der Waals surface area (Å²) in [4.78, 5) is 11.0. The van der Waals surface area contributed by atoms with Gasteiger partial charge in [-0.2, -0.15) is 11.8 Å². The third kappa shape index (κ3) is 5.39. The first-order chi connectivity index (χ1) is 7.24. The highest BCUT2D eigenvalue weighted by Gasteiger charge is 2.12. The van der Waals surface area contributed by atoms with Gasteiger partial charge in [-0.1, -0.05) is 30.3 Å². The Morgan fingerprint density at radius 2 is 2.06 bits per heavy atom. The minimum Gasteiger partial charge on any atom is -1.00 e. The van der Waals surface area contributed by atoms with Crippen molar-refractivity contribution in [3.63, 3.8) is 0 Å². The third-order valence-corrected chi connectivity index (χ3v) is 3.05. The number of hydrogen-bond donors (Lipinski definition) is 1. The van der Waals surface area contributed by atoms with Crippen molar-refractivity contribution in [3.8, 4) is 0 Å². The molecule has 3 nitrogen and oxygen atoms in total. The van der Waals surface area contributed by atoms with Crippen LogP contribution in [0.25, 0.3) is 0 Å². The summed E-state index contributed by atoms with van der Waals surface area (Å²) >= 11 is 1.63. The van der Waals surface area contributed by atoms with Crippen LogP contribution in [0.2, 0.25) is 0 Å². The predicted molar refractivity (Wildman–Crippen MR) is 62.6 cm³/mol. The number of carbonyl (C=O) groups excluding carboxylic acids is 1. The Morgan fingerprint density at radius 1 is 1.44 bits per heavy atom. The van der Waals surface area contributed by atoms with Gasteiger partial charge in [0, 0.05) is 11.5 Å². The Hall–Kier alpha value is -0.710. The van der Waals surface area contributed by atoms with Crippen LogP contribution in [-0.2, 0) is 15.3 Å². The largest absolute Gasteiger partial charge is 1.00 e. The van der Waals surface area contributed by atoms with Gasteiger partial charge in [0.25, 0.3) is 0 Å². The fraction of sp³-hybridized carbons (Fsp3) is 0.364. The number of esters is 1. The molecule has 1 atom stereocenters. The van der Waals surface area contributed by atoms with Gasteiger partial charge in [0.15, 0.2) is 0 Å². The first-order valence-electron chi connectivity index (χ1n) is 4.69. The van der Waals surface area contributed by atoms with Crippen molar-refractivity contribution in [3.05, 3.63) is 35.9 Å². The van der Waals surface area contributed by atoms with Crippen LogP contribution in [0.3, 0.4) is 0 Å². The molecule has 0 saturated carbocycles. The Morgan fingerprint density at radius 3 is 2.62 bits per heavy atom. The second kappa shape index (κ2) is 8.44. The van der Waals surface area contributed by atoms with Crippen LogP contribution in [0.1, 0.15) is 5.56 Å². The molecule has 0 fully saturated rings. The number of nitrogens with two attached hydrogens (primary N) is 1. The molecule has 1 aromatic rings. The van der Waals surface area contributed by atoms with Gasteiger partial charge in [-0.05, 0) is 5.56 Å². The highest BCUT2D eigenvalue weighted by Crippen LogP contribution is 2.12. The van der Waals surface area contributed by atoms with Crippen molar-refractivity contribution in [2.24, 2.45) is 5.73 Å². The molecule has 0 aromatic heterocycles. The van der Waals surface area contributed by atoms with E-state index in [1.54, 1.807) is 11.8 Å². The molecule has 0 bridgehead atoms. The summed E-state index contributed by atoms with van der Waals surface area (Å²) in [6, 6.07) is 9.55. The SMILES string of the molecule is COC(=O)C(N)CSCc1ccccc1.[Cl-]. The molecule has 1 rings (SSSR count). The lowest BCUT2D eigenvalue weighted by Gasteiger charge is -2.08. The monoisotopic (exact) mass is 260 g/mol. The molecular formula is C11H15ClNO2S-. The van der Waals surface area contributed by atoms with Crippen molar-refractivity contribution in [1.29, 1.82) is 0 Å². The normalized spacial score (nSPS) is 11.4. The number of thioether (sulfide) groups is 1. The molecule has 1 aromatic carbocycles. The zero-order valence-corrected chi connectivity index (χ0v) is 10.6. The van der Waals surface area contributed by atoms with E-state index in [9.17, 15) is 4.79 Å². The van der Waals surface area contributed by atoms with Crippen LogP contribution in [0.15, 0.2) is 30.3 Å². The lowest BCUT2D eigenvalue weighted by Crippen LogP contribution is -3.00. The maximum atomic E-state index is 11.0. The number of ether oxygens (including phenoxy) is 1. The maximum Gasteiger partial charge on any atom is 0.323 e. The van der Waals surface area contributed by atoms with E-state index in [2.05, 4.69) is 16.9 Å². The predicted octanol–water partition coefficient (Wildman–Crippen LogP) is -1.58. The van der Waals surface area contributed by atoms with E-state index < -0.39 is 6.04 Å². The van der Waals surface area contributed by atoms with E-state index in [4.69, 9.17) is 5.73 Å². The molecule has 2 N–H and O–H groups in total. The van der Waals surface area contributed by atoms with E-state index in [0.717, 1.165) is 5.75 Å². The molecule has 0 aliphatic carbocycles. The first kappa shape index (κ1) is 15.3. The molecule has 0 saturated heterocycles. The molecular weight excluding hydrogens is 246 g/mol. The van der Waals surface area contributed by atoms with Crippen LogP contribution >= 0.6 is 11.8 Å². The van der Waals surface area contributed by atoms with Crippen LogP contribution < -0.4 is 18.1 Å². The number of methoxy groups -OCH3 is 1. The molecule has 0 radical (unpaired) electrons. The average molecular weight is 261 g/mol. The van der Waals surface area contributed by atoms with Gasteiger partial charge in [-0.15, -0.1) is 0 Å². The summed E-state index contributed by atoms with van der Waals surface area (Å²) in [5, 5.41) is 0. The molecule has 0 amide bonds. The number of benzene rings is 1. The average Bonchev–Trinajstić information content (AvgIpc) is 2.29. The van der Waals surface area contributed by atoms with Gasteiger partial charge in [-0.3, -0.25) is 4.79 Å². The molecule has 0 aliphatic rings. The topological polar surface area (TPSA) is 52.3 Å². The van der Waals surface area contributed by atoms with Crippen LogP contribution in [0.5, 0.6) is 0 Å². The second-order valence-corrected chi connectivity index (χ2v) is 4.16. The summed E-state index contributed by atoms with van der Waals surface area (Å²) in [5.41, 5.74) is 6.83. The Labute approximate surface area is 106 Å². The summed E-state index contributed by atoms with van der Waals surface area (Å²) < 4.78 is 4.54. The number of halogens is 1. The van der Waals surface area contributed by atoms with Crippen molar-refractivity contribution in [1.82, 2.24) is 0 Å². The molecule has 5 heteroatoms. The van der Waals surface area contributed by atoms with Gasteiger partial charge in [0.2, 0.25) is 0 Å². The summed E-state index contributed by atoms with van der Waals surface area (Å²) in [7, 11) is 1.35. The Kier molecular flexibility index (Phi) is 8.07. The minimum atomic E-state index is -0.524. The zero-order valence-electron chi connectivity index (χ0n) is 9.06. The highest BCUT2D eigenvalue weighted by atomic mass is 35.5. The molecule has 0 spiro atoms. The van der Waals surface area contributed by atoms with Crippen LogP contribution in [-0.4, -0.2) is 24.9 Å². The van der Waals surface area contributed by atoms with Gasteiger partial charge in [0.05, 0.1) is 7.11 Å². The Balaban J connectivity index is 0.00000225. The fourth-order valence-electron chi connectivity index (χ4n) is 1.10. The van der Waals surface area contributed by atoms with Crippen molar-refractivity contribution in [2.75, 3.05) is 12.9 Å². The molecule has 0 aliphatic heterocycles. The van der Waals surface area contributed by atoms with Crippen molar-refractivity contribution in [2.45, 2.75) is 11.8 Å². The second-order valence-electron chi connectivity index (χ2n) is 3.13. The van der Waals surface area contributed by atoms with Crippen LogP contribution in [0, 0.1) is 0 Å². The maximum absolute atomic E-state index is 11.0. The lowest BCUT2D eigenvalue weighted by molar-refractivity contribution is -0.141. The van der Waals surface area contributed by atoms with Gasteiger partial charge in [-0.25, -0.2) is 0 Å². The quantitative estimate of drug-likeness (QED) is 0.650. The molecule has 0 heterocycles. The zero-order chi connectivity index (χ0) is 11.1. The van der Waals surface area contributed by atoms with Gasteiger partial charge >= 0.3 is 5.97 Å². The number of hydrogen-bond acceptors (Lipinski definition) is 4. The van der Waals surface area contributed by atoms with Gasteiger partial charge in [0.1, 0.15) is 6.04 Å². The van der Waals surface area contributed by atoms with Crippen molar-refractivity contribution < 1.29 is 21.9 Å². The number of carbonyl (C=O) groups is 1. The van der Waals surface area contributed by atoms with E-state index in [1.807, 2.05) is 18.2 Å². The fourth-order valence-corrected chi connectivity index (χ4v) is 2.03. The molecule has 1 unspecified atom stereocenters. The van der Waals surface area contributed by atoms with E-state index in [-0.39, 0.29) is 18.4 Å². The molecule has 90 valence electrons. The van der Waals surface area contributed by atoms with E-state index in [1.165, 1.54) is 12.7 Å². The summed E-state index contributed by atoms with van der Waals surface area (Å²) in [6.45, 7) is 0. The smallest absolute Gasteiger partial charge is 0.323 e. The molecule has 16 heavy (non-hydrogen) atoms. The van der Waals surface area contributed by atoms with Crippen molar-refractivity contribution >= 4 is 17.7 Å². The van der Waals surface area contributed by atoms with Crippen LogP contribution in [0.4, 0.5) is 0 Å². The third-order valence-electron chi connectivity index (χ3n) is 1.91.